The van der Waals surface area contributed by atoms with Crippen molar-refractivity contribution in [1.82, 2.24) is 0 Å². The Morgan fingerprint density at radius 3 is 2.19 bits per heavy atom. The quantitative estimate of drug-likeness (QED) is 0.668. The van der Waals surface area contributed by atoms with Crippen molar-refractivity contribution in [3.8, 4) is 11.8 Å². The SMILES string of the molecule is CC.Cc1cc(F)cc(C#CC(C)(C)O)c1. The van der Waals surface area contributed by atoms with E-state index in [1.807, 2.05) is 13.8 Å². The van der Waals surface area contributed by atoms with Crippen molar-refractivity contribution in [3.63, 3.8) is 0 Å². The molecule has 0 atom stereocenters. The Kier molecular flexibility index (Phi) is 5.77. The Morgan fingerprint density at radius 2 is 1.75 bits per heavy atom. The highest BCUT2D eigenvalue weighted by molar-refractivity contribution is 5.38. The molecule has 1 aromatic carbocycles. The van der Waals surface area contributed by atoms with Crippen molar-refractivity contribution in [2.75, 3.05) is 0 Å². The Labute approximate surface area is 97.3 Å². The van der Waals surface area contributed by atoms with Gasteiger partial charge in [-0.3, -0.25) is 0 Å². The van der Waals surface area contributed by atoms with Crippen LogP contribution in [-0.2, 0) is 0 Å². The second-order valence-electron chi connectivity index (χ2n) is 3.83. The first-order valence-electron chi connectivity index (χ1n) is 5.39. The average molecular weight is 222 g/mol. The highest BCUT2D eigenvalue weighted by atomic mass is 19.1. The predicted molar refractivity (Wildman–Crippen MR) is 65.7 cm³/mol. The van der Waals surface area contributed by atoms with Crippen LogP contribution in [0.4, 0.5) is 4.39 Å². The molecule has 0 heterocycles. The minimum atomic E-state index is -1.04. The van der Waals surface area contributed by atoms with E-state index in [0.29, 0.717) is 5.56 Å². The van der Waals surface area contributed by atoms with Gasteiger partial charge in [-0.2, -0.15) is 0 Å². The van der Waals surface area contributed by atoms with E-state index >= 15 is 0 Å². The molecular formula is C14H19FO. The van der Waals surface area contributed by atoms with Gasteiger partial charge in [0.05, 0.1) is 0 Å². The molecular weight excluding hydrogens is 203 g/mol. The fourth-order valence-electron chi connectivity index (χ4n) is 1.03. The fraction of sp³-hybridized carbons (Fsp3) is 0.429. The molecule has 1 nitrogen and oxygen atoms in total. The van der Waals surface area contributed by atoms with Crippen LogP contribution in [0.3, 0.4) is 0 Å². The van der Waals surface area contributed by atoms with Gasteiger partial charge < -0.3 is 5.11 Å². The van der Waals surface area contributed by atoms with Crippen LogP contribution in [0.5, 0.6) is 0 Å². The van der Waals surface area contributed by atoms with E-state index in [1.165, 1.54) is 12.1 Å². The summed E-state index contributed by atoms with van der Waals surface area (Å²) in [5.41, 5.74) is 0.370. The zero-order valence-electron chi connectivity index (χ0n) is 10.6. The molecule has 16 heavy (non-hydrogen) atoms. The molecule has 0 saturated carbocycles. The summed E-state index contributed by atoms with van der Waals surface area (Å²) in [5.74, 6) is 5.06. The first kappa shape index (κ1) is 14.7. The molecule has 0 radical (unpaired) electrons. The molecule has 0 bridgehead atoms. The summed E-state index contributed by atoms with van der Waals surface area (Å²) in [4.78, 5) is 0. The lowest BCUT2D eigenvalue weighted by molar-refractivity contribution is 0.143. The van der Waals surface area contributed by atoms with E-state index in [1.54, 1.807) is 26.8 Å². The van der Waals surface area contributed by atoms with E-state index in [9.17, 15) is 9.50 Å². The number of halogens is 1. The molecule has 0 amide bonds. The van der Waals surface area contributed by atoms with Gasteiger partial charge in [-0.1, -0.05) is 25.7 Å². The normalized spacial score (nSPS) is 9.69. The lowest BCUT2D eigenvalue weighted by atomic mass is 10.1. The monoisotopic (exact) mass is 222 g/mol. The van der Waals surface area contributed by atoms with E-state index in [2.05, 4.69) is 11.8 Å². The highest BCUT2D eigenvalue weighted by Crippen LogP contribution is 2.07. The molecule has 1 N–H and O–H groups in total. The zero-order valence-corrected chi connectivity index (χ0v) is 10.6. The first-order chi connectivity index (χ1) is 7.37. The maximum Gasteiger partial charge on any atom is 0.124 e. The number of rotatable bonds is 0. The molecule has 0 unspecified atom stereocenters. The van der Waals surface area contributed by atoms with E-state index < -0.39 is 5.60 Å². The minimum Gasteiger partial charge on any atom is -0.378 e. The summed E-state index contributed by atoms with van der Waals surface area (Å²) in [6, 6.07) is 4.57. The molecule has 1 aromatic rings. The number of benzene rings is 1. The van der Waals surface area contributed by atoms with Gasteiger partial charge in [0.2, 0.25) is 0 Å². The van der Waals surface area contributed by atoms with E-state index in [0.717, 1.165) is 5.56 Å². The number of hydrogen-bond donors (Lipinski definition) is 1. The Morgan fingerprint density at radius 1 is 1.19 bits per heavy atom. The van der Waals surface area contributed by atoms with Crippen LogP contribution in [0.15, 0.2) is 18.2 Å². The summed E-state index contributed by atoms with van der Waals surface area (Å²) in [7, 11) is 0. The summed E-state index contributed by atoms with van der Waals surface area (Å²) in [6.45, 7) is 8.98. The topological polar surface area (TPSA) is 20.2 Å². The van der Waals surface area contributed by atoms with Gasteiger partial charge in [-0.25, -0.2) is 4.39 Å². The molecule has 0 aromatic heterocycles. The molecule has 2 heteroatoms. The number of aliphatic hydroxyl groups is 1. The van der Waals surface area contributed by atoms with Crippen molar-refractivity contribution in [1.29, 1.82) is 0 Å². The second-order valence-corrected chi connectivity index (χ2v) is 3.83. The van der Waals surface area contributed by atoms with Gasteiger partial charge in [-0.05, 0) is 44.5 Å². The van der Waals surface area contributed by atoms with Crippen LogP contribution >= 0.6 is 0 Å². The number of aryl methyl sites for hydroxylation is 1. The van der Waals surface area contributed by atoms with Crippen LogP contribution < -0.4 is 0 Å². The third-order valence-electron chi connectivity index (χ3n) is 1.55. The minimum absolute atomic E-state index is 0.301. The molecule has 0 fully saturated rings. The smallest absolute Gasteiger partial charge is 0.124 e. The number of hydrogen-bond acceptors (Lipinski definition) is 1. The summed E-state index contributed by atoms with van der Waals surface area (Å²) >= 11 is 0. The van der Waals surface area contributed by atoms with Crippen molar-refractivity contribution in [3.05, 3.63) is 35.1 Å². The van der Waals surface area contributed by atoms with Crippen LogP contribution in [-0.4, -0.2) is 10.7 Å². The zero-order chi connectivity index (χ0) is 12.8. The van der Waals surface area contributed by atoms with Crippen LogP contribution in [0, 0.1) is 24.6 Å². The van der Waals surface area contributed by atoms with Gasteiger partial charge in [0.25, 0.3) is 0 Å². The fourth-order valence-corrected chi connectivity index (χ4v) is 1.03. The maximum absolute atomic E-state index is 12.9. The summed E-state index contributed by atoms with van der Waals surface area (Å²) in [6.07, 6.45) is 0. The lowest BCUT2D eigenvalue weighted by Crippen LogP contribution is -2.14. The summed E-state index contributed by atoms with van der Waals surface area (Å²) < 4.78 is 12.9. The van der Waals surface area contributed by atoms with Gasteiger partial charge in [0.1, 0.15) is 11.4 Å². The predicted octanol–water partition coefficient (Wildman–Crippen LogP) is 3.28. The standard InChI is InChI=1S/C12H13FO.C2H6/c1-9-6-10(8-11(13)7-9)4-5-12(2,3)14;1-2/h6-8,14H,1-3H3;1-2H3. The third-order valence-corrected chi connectivity index (χ3v) is 1.55. The summed E-state index contributed by atoms with van der Waals surface area (Å²) in [5, 5.41) is 9.35. The molecule has 0 saturated heterocycles. The Hall–Kier alpha value is -1.33. The molecule has 0 aliphatic carbocycles. The van der Waals surface area contributed by atoms with E-state index in [-0.39, 0.29) is 5.82 Å². The van der Waals surface area contributed by atoms with Crippen LogP contribution in [0.1, 0.15) is 38.8 Å². The molecule has 0 aliphatic rings. The van der Waals surface area contributed by atoms with Crippen LogP contribution in [0.2, 0.25) is 0 Å². The molecule has 0 aliphatic heterocycles. The van der Waals surface area contributed by atoms with Crippen LogP contribution in [0.25, 0.3) is 0 Å². The largest absolute Gasteiger partial charge is 0.378 e. The van der Waals surface area contributed by atoms with Crippen molar-refractivity contribution in [2.45, 2.75) is 40.2 Å². The third kappa shape index (κ3) is 6.21. The van der Waals surface area contributed by atoms with Gasteiger partial charge in [-0.15, -0.1) is 0 Å². The van der Waals surface area contributed by atoms with Crippen molar-refractivity contribution >= 4 is 0 Å². The van der Waals surface area contributed by atoms with Crippen molar-refractivity contribution in [2.24, 2.45) is 0 Å². The second kappa shape index (κ2) is 6.30. The van der Waals surface area contributed by atoms with Crippen molar-refractivity contribution < 1.29 is 9.50 Å². The molecule has 88 valence electrons. The van der Waals surface area contributed by atoms with E-state index in [4.69, 9.17) is 0 Å². The average Bonchev–Trinajstić information content (AvgIpc) is 2.15. The Bertz CT molecular complexity index is 371. The van der Waals surface area contributed by atoms with Gasteiger partial charge >= 0.3 is 0 Å². The highest BCUT2D eigenvalue weighted by Gasteiger charge is 2.05. The molecule has 1 rings (SSSR count). The first-order valence-corrected chi connectivity index (χ1v) is 5.39. The lowest BCUT2D eigenvalue weighted by Gasteiger charge is -2.06. The Balaban J connectivity index is 0.00000106. The van der Waals surface area contributed by atoms with Gasteiger partial charge in [0.15, 0.2) is 0 Å². The molecule has 0 spiro atoms. The maximum atomic E-state index is 12.9. The van der Waals surface area contributed by atoms with Gasteiger partial charge in [0, 0.05) is 5.56 Å².